The zero-order valence-electron chi connectivity index (χ0n) is 14.5. The summed E-state index contributed by atoms with van der Waals surface area (Å²) in [6, 6.07) is 0. The number of piperidine rings is 1. The Morgan fingerprint density at radius 2 is 1.86 bits per heavy atom. The molecule has 1 unspecified atom stereocenters. The molecule has 0 bridgehead atoms. The number of hydrogen-bond acceptors (Lipinski definition) is 4. The lowest BCUT2D eigenvalue weighted by Crippen LogP contribution is -2.31. The Labute approximate surface area is 136 Å². The number of likely N-dealkylation sites (tertiary alicyclic amines) is 1. The van der Waals surface area contributed by atoms with Crippen molar-refractivity contribution in [1.82, 2.24) is 9.80 Å². The number of hydrogen-bond donors (Lipinski definition) is 1. The van der Waals surface area contributed by atoms with E-state index in [1.165, 1.54) is 38.9 Å². The van der Waals surface area contributed by atoms with Crippen molar-refractivity contribution in [2.75, 3.05) is 53.0 Å². The lowest BCUT2D eigenvalue weighted by molar-refractivity contribution is 0.107. The van der Waals surface area contributed by atoms with E-state index in [1.807, 2.05) is 0 Å². The molecule has 22 heavy (non-hydrogen) atoms. The highest BCUT2D eigenvalue weighted by Crippen LogP contribution is 2.08. The Morgan fingerprint density at radius 3 is 2.59 bits per heavy atom. The van der Waals surface area contributed by atoms with Gasteiger partial charge in [-0.2, -0.15) is 0 Å². The number of aliphatic hydroxyl groups is 1. The standard InChI is InChI=1S/C18H34N2O2/c1-3-9-18(21)10-15-19(2)11-7-16-22-17-8-14-20-12-5-4-6-13-20/h18,21H,4-8,10-17H2,1-2H3. The van der Waals surface area contributed by atoms with E-state index < -0.39 is 6.10 Å². The molecule has 1 rings (SSSR count). The van der Waals surface area contributed by atoms with Crippen LogP contribution < -0.4 is 0 Å². The minimum Gasteiger partial charge on any atom is -0.381 e. The quantitative estimate of drug-likeness (QED) is 0.467. The number of ether oxygens (including phenoxy) is 1. The molecule has 0 aromatic carbocycles. The summed E-state index contributed by atoms with van der Waals surface area (Å²) in [4.78, 5) is 4.79. The second-order valence-corrected chi connectivity index (χ2v) is 6.22. The van der Waals surface area contributed by atoms with Gasteiger partial charge in [0, 0.05) is 32.8 Å². The monoisotopic (exact) mass is 310 g/mol. The summed E-state index contributed by atoms with van der Waals surface area (Å²) in [7, 11) is 2.09. The molecule has 0 aromatic heterocycles. The van der Waals surface area contributed by atoms with Crippen LogP contribution in [0.2, 0.25) is 0 Å². The molecule has 1 aliphatic heterocycles. The maximum atomic E-state index is 9.55. The highest BCUT2D eigenvalue weighted by Gasteiger charge is 2.08. The Hall–Kier alpha value is -0.600. The predicted octanol–water partition coefficient (Wildman–Crippen LogP) is 1.98. The van der Waals surface area contributed by atoms with Gasteiger partial charge >= 0.3 is 0 Å². The second kappa shape index (κ2) is 12.9. The third kappa shape index (κ3) is 10.2. The zero-order chi connectivity index (χ0) is 16.0. The third-order valence-corrected chi connectivity index (χ3v) is 4.14. The molecule has 1 atom stereocenters. The van der Waals surface area contributed by atoms with Crippen molar-refractivity contribution in [3.8, 4) is 11.8 Å². The van der Waals surface area contributed by atoms with Gasteiger partial charge in [-0.1, -0.05) is 12.3 Å². The number of aliphatic hydroxyl groups excluding tert-OH is 1. The lowest BCUT2D eigenvalue weighted by Gasteiger charge is -2.26. The van der Waals surface area contributed by atoms with Crippen molar-refractivity contribution in [3.05, 3.63) is 0 Å². The second-order valence-electron chi connectivity index (χ2n) is 6.22. The van der Waals surface area contributed by atoms with Gasteiger partial charge in [-0.25, -0.2) is 0 Å². The van der Waals surface area contributed by atoms with Crippen LogP contribution in [0.15, 0.2) is 0 Å². The van der Waals surface area contributed by atoms with Crippen LogP contribution in [0.4, 0.5) is 0 Å². The molecular formula is C18H34N2O2. The largest absolute Gasteiger partial charge is 0.381 e. The average molecular weight is 310 g/mol. The number of rotatable bonds is 11. The molecule has 0 aromatic rings. The van der Waals surface area contributed by atoms with E-state index >= 15 is 0 Å². The molecule has 4 nitrogen and oxygen atoms in total. The molecule has 0 radical (unpaired) electrons. The molecule has 1 N–H and O–H groups in total. The van der Waals surface area contributed by atoms with Gasteiger partial charge in [0.1, 0.15) is 6.10 Å². The molecule has 0 amide bonds. The molecule has 1 heterocycles. The molecule has 0 spiro atoms. The van der Waals surface area contributed by atoms with Gasteiger partial charge < -0.3 is 19.6 Å². The minimum absolute atomic E-state index is 0.488. The Morgan fingerprint density at radius 1 is 1.14 bits per heavy atom. The first-order chi connectivity index (χ1) is 10.7. The summed E-state index contributed by atoms with van der Waals surface area (Å²) in [6.07, 6.45) is 6.57. The fraction of sp³-hybridized carbons (Fsp3) is 0.889. The van der Waals surface area contributed by atoms with E-state index in [9.17, 15) is 5.11 Å². The van der Waals surface area contributed by atoms with Gasteiger partial charge in [0.2, 0.25) is 0 Å². The molecule has 1 fully saturated rings. The third-order valence-electron chi connectivity index (χ3n) is 4.14. The number of nitrogens with zero attached hydrogens (tertiary/aromatic N) is 2. The fourth-order valence-electron chi connectivity index (χ4n) is 2.81. The summed E-state index contributed by atoms with van der Waals surface area (Å²) in [5.74, 6) is 5.51. The average Bonchev–Trinajstić information content (AvgIpc) is 2.53. The molecule has 1 aliphatic rings. The van der Waals surface area contributed by atoms with Crippen molar-refractivity contribution >= 4 is 0 Å². The van der Waals surface area contributed by atoms with Crippen LogP contribution in [0.25, 0.3) is 0 Å². The molecule has 0 aliphatic carbocycles. The van der Waals surface area contributed by atoms with Crippen molar-refractivity contribution in [2.24, 2.45) is 0 Å². The zero-order valence-corrected chi connectivity index (χ0v) is 14.5. The van der Waals surface area contributed by atoms with Crippen LogP contribution in [-0.2, 0) is 4.74 Å². The summed E-state index contributed by atoms with van der Waals surface area (Å²) >= 11 is 0. The molecular weight excluding hydrogens is 276 g/mol. The first-order valence-corrected chi connectivity index (χ1v) is 8.81. The van der Waals surface area contributed by atoms with Gasteiger partial charge in [0.25, 0.3) is 0 Å². The van der Waals surface area contributed by atoms with Crippen LogP contribution in [0.3, 0.4) is 0 Å². The van der Waals surface area contributed by atoms with E-state index in [0.717, 1.165) is 39.1 Å². The van der Waals surface area contributed by atoms with Gasteiger partial charge in [-0.3, -0.25) is 0 Å². The van der Waals surface area contributed by atoms with Crippen molar-refractivity contribution in [2.45, 2.75) is 51.6 Å². The lowest BCUT2D eigenvalue weighted by atomic mass is 10.1. The van der Waals surface area contributed by atoms with Gasteiger partial charge in [-0.05, 0) is 59.2 Å². The van der Waals surface area contributed by atoms with Crippen LogP contribution in [0, 0.1) is 11.8 Å². The highest BCUT2D eigenvalue weighted by molar-refractivity contribution is 5.01. The van der Waals surface area contributed by atoms with E-state index in [0.29, 0.717) is 6.42 Å². The van der Waals surface area contributed by atoms with Gasteiger partial charge in [-0.15, -0.1) is 5.92 Å². The first kappa shape index (κ1) is 19.4. The van der Waals surface area contributed by atoms with E-state index in [4.69, 9.17) is 4.74 Å². The van der Waals surface area contributed by atoms with Gasteiger partial charge in [0.05, 0.1) is 0 Å². The summed E-state index contributed by atoms with van der Waals surface area (Å²) in [5, 5.41) is 9.55. The predicted molar refractivity (Wildman–Crippen MR) is 91.9 cm³/mol. The Bertz CT molecular complexity index is 319. The SMILES string of the molecule is CC#CC(O)CCN(C)CCCOCCCN1CCCCC1. The van der Waals surface area contributed by atoms with Crippen LogP contribution in [0.1, 0.15) is 45.4 Å². The van der Waals surface area contributed by atoms with E-state index in [-0.39, 0.29) is 0 Å². The van der Waals surface area contributed by atoms with Crippen LogP contribution in [0.5, 0.6) is 0 Å². The maximum Gasteiger partial charge on any atom is 0.115 e. The van der Waals surface area contributed by atoms with Crippen molar-refractivity contribution < 1.29 is 9.84 Å². The molecule has 128 valence electrons. The summed E-state index contributed by atoms with van der Waals surface area (Å²) < 4.78 is 5.71. The highest BCUT2D eigenvalue weighted by atomic mass is 16.5. The maximum absolute atomic E-state index is 9.55. The molecule has 1 saturated heterocycles. The van der Waals surface area contributed by atoms with Crippen LogP contribution in [-0.4, -0.2) is 74.0 Å². The van der Waals surface area contributed by atoms with Gasteiger partial charge in [0.15, 0.2) is 0 Å². The molecule has 4 heteroatoms. The molecule has 0 saturated carbocycles. The Kier molecular flexibility index (Phi) is 11.4. The first-order valence-electron chi connectivity index (χ1n) is 8.81. The fourth-order valence-corrected chi connectivity index (χ4v) is 2.81. The summed E-state index contributed by atoms with van der Waals surface area (Å²) in [5.41, 5.74) is 0. The topological polar surface area (TPSA) is 35.9 Å². The van der Waals surface area contributed by atoms with Crippen molar-refractivity contribution in [3.63, 3.8) is 0 Å². The van der Waals surface area contributed by atoms with Crippen LogP contribution >= 0.6 is 0 Å². The van der Waals surface area contributed by atoms with E-state index in [2.05, 4.69) is 28.7 Å². The Balaban J connectivity index is 1.86. The normalized spacial score (nSPS) is 17.3. The van der Waals surface area contributed by atoms with E-state index in [1.54, 1.807) is 6.92 Å². The smallest absolute Gasteiger partial charge is 0.115 e. The summed E-state index contributed by atoms with van der Waals surface area (Å²) in [6.45, 7) is 9.11. The van der Waals surface area contributed by atoms with Crippen molar-refractivity contribution in [1.29, 1.82) is 0 Å². The minimum atomic E-state index is -0.488.